The van der Waals surface area contributed by atoms with Crippen molar-refractivity contribution in [1.82, 2.24) is 0 Å². The van der Waals surface area contributed by atoms with Gasteiger partial charge in [-0.25, -0.2) is 0 Å². The maximum absolute atomic E-state index is 12.0. The van der Waals surface area contributed by atoms with E-state index in [0.717, 1.165) is 12.8 Å². The highest BCUT2D eigenvalue weighted by molar-refractivity contribution is 9.10. The third-order valence-electron chi connectivity index (χ3n) is 4.23. The number of alkyl halides is 1. The highest BCUT2D eigenvalue weighted by Gasteiger charge is 2.66. The molecule has 0 aromatic heterocycles. The van der Waals surface area contributed by atoms with Crippen molar-refractivity contribution in [2.24, 2.45) is 10.8 Å². The van der Waals surface area contributed by atoms with E-state index in [-0.39, 0.29) is 15.2 Å². The first kappa shape index (κ1) is 8.74. The summed E-state index contributed by atoms with van der Waals surface area (Å²) in [5.41, 5.74) is 0.127. The van der Waals surface area contributed by atoms with Crippen LogP contribution in [0.5, 0.6) is 0 Å². The molecule has 0 heterocycles. The average Bonchev–Trinajstić information content (AvgIpc) is 2.32. The topological polar surface area (TPSA) is 17.1 Å². The predicted molar refractivity (Wildman–Crippen MR) is 52.4 cm³/mol. The van der Waals surface area contributed by atoms with Crippen LogP contribution >= 0.6 is 15.9 Å². The largest absolute Gasteiger partial charge is 0.297 e. The second-order valence-corrected chi connectivity index (χ2v) is 6.67. The highest BCUT2D eigenvalue weighted by Crippen LogP contribution is 2.66. The van der Waals surface area contributed by atoms with Crippen molar-refractivity contribution in [2.75, 3.05) is 0 Å². The van der Waals surface area contributed by atoms with E-state index in [1.54, 1.807) is 0 Å². The molecular formula is C10H15BrO. The molecule has 12 heavy (non-hydrogen) atoms. The maximum Gasteiger partial charge on any atom is 0.155 e. The Kier molecular flexibility index (Phi) is 1.43. The van der Waals surface area contributed by atoms with Gasteiger partial charge in [0.1, 0.15) is 0 Å². The Bertz CT molecular complexity index is 259. The summed E-state index contributed by atoms with van der Waals surface area (Å²) in [6.07, 6.45) is 3.26. The Morgan fingerprint density at radius 2 is 1.83 bits per heavy atom. The van der Waals surface area contributed by atoms with Crippen LogP contribution in [-0.4, -0.2) is 10.1 Å². The van der Waals surface area contributed by atoms with E-state index in [4.69, 9.17) is 0 Å². The second kappa shape index (κ2) is 1.97. The lowest BCUT2D eigenvalue weighted by atomic mass is 9.66. The summed E-state index contributed by atoms with van der Waals surface area (Å²) in [5.74, 6) is 0.420. The fourth-order valence-corrected chi connectivity index (χ4v) is 4.14. The lowest BCUT2D eigenvalue weighted by Gasteiger charge is -2.38. The molecule has 0 saturated heterocycles. The molecule has 0 N–H and O–H groups in total. The Balaban J connectivity index is 2.51. The van der Waals surface area contributed by atoms with Gasteiger partial charge in [0.15, 0.2) is 5.78 Å². The number of Topliss-reactive ketones (excluding diaryl/α,β-unsaturated/α-hetero) is 1. The Morgan fingerprint density at radius 1 is 1.25 bits per heavy atom. The molecule has 0 spiro atoms. The molecule has 2 unspecified atom stereocenters. The maximum atomic E-state index is 12.0. The first-order valence-corrected chi connectivity index (χ1v) is 5.35. The lowest BCUT2D eigenvalue weighted by Crippen LogP contribution is -2.41. The molecule has 2 heteroatoms. The molecule has 1 nitrogen and oxygen atoms in total. The Hall–Kier alpha value is 0.150. The van der Waals surface area contributed by atoms with Crippen LogP contribution in [-0.2, 0) is 4.79 Å². The van der Waals surface area contributed by atoms with Crippen LogP contribution in [0.1, 0.15) is 40.0 Å². The van der Waals surface area contributed by atoms with Crippen LogP contribution < -0.4 is 0 Å². The molecule has 0 aromatic rings. The van der Waals surface area contributed by atoms with Crippen molar-refractivity contribution >= 4 is 21.7 Å². The summed E-state index contributed by atoms with van der Waals surface area (Å²) >= 11 is 3.61. The van der Waals surface area contributed by atoms with Crippen molar-refractivity contribution in [1.29, 1.82) is 0 Å². The summed E-state index contributed by atoms with van der Waals surface area (Å²) in [6, 6.07) is 0. The average molecular weight is 231 g/mol. The number of ketones is 1. The predicted octanol–water partition coefficient (Wildman–Crippen LogP) is 2.92. The zero-order valence-corrected chi connectivity index (χ0v) is 9.49. The summed E-state index contributed by atoms with van der Waals surface area (Å²) in [4.78, 5) is 12.0. The molecule has 2 saturated carbocycles. The van der Waals surface area contributed by atoms with E-state index in [1.165, 1.54) is 6.42 Å². The fourth-order valence-electron chi connectivity index (χ4n) is 2.83. The SMILES string of the molecule is CC12CCC(Br)(C1)C(=O)C2(C)C. The molecule has 0 amide bonds. The summed E-state index contributed by atoms with van der Waals surface area (Å²) < 4.78 is -0.161. The second-order valence-electron chi connectivity index (χ2n) is 5.16. The summed E-state index contributed by atoms with van der Waals surface area (Å²) in [6.45, 7) is 6.44. The minimum absolute atomic E-state index is 0.116. The first-order chi connectivity index (χ1) is 5.32. The van der Waals surface area contributed by atoms with Gasteiger partial charge in [-0.05, 0) is 24.7 Å². The number of hydrogen-bond donors (Lipinski definition) is 0. The van der Waals surface area contributed by atoms with E-state index in [2.05, 4.69) is 36.7 Å². The molecule has 2 rings (SSSR count). The molecule has 2 aliphatic carbocycles. The summed E-state index contributed by atoms with van der Waals surface area (Å²) in [5, 5.41) is 0. The van der Waals surface area contributed by atoms with E-state index in [1.807, 2.05) is 0 Å². The van der Waals surface area contributed by atoms with Crippen LogP contribution in [0.4, 0.5) is 0 Å². The molecule has 0 aliphatic heterocycles. The van der Waals surface area contributed by atoms with Gasteiger partial charge in [-0.1, -0.05) is 36.7 Å². The fraction of sp³-hybridized carbons (Fsp3) is 0.900. The van der Waals surface area contributed by atoms with Gasteiger partial charge in [0.25, 0.3) is 0 Å². The molecule has 0 radical (unpaired) electrons. The number of carbonyl (C=O) groups excluding carboxylic acids is 1. The Morgan fingerprint density at radius 3 is 2.08 bits per heavy atom. The Labute approximate surface area is 82.0 Å². The smallest absolute Gasteiger partial charge is 0.155 e. The monoisotopic (exact) mass is 230 g/mol. The molecule has 68 valence electrons. The molecule has 2 aliphatic rings. The third-order valence-corrected chi connectivity index (χ3v) is 5.26. The van der Waals surface area contributed by atoms with Crippen LogP contribution in [0.2, 0.25) is 0 Å². The number of rotatable bonds is 0. The molecule has 2 atom stereocenters. The highest BCUT2D eigenvalue weighted by atomic mass is 79.9. The van der Waals surface area contributed by atoms with Crippen molar-refractivity contribution < 1.29 is 4.79 Å². The van der Waals surface area contributed by atoms with Crippen molar-refractivity contribution in [2.45, 2.75) is 44.4 Å². The van der Waals surface area contributed by atoms with Gasteiger partial charge in [-0.15, -0.1) is 0 Å². The lowest BCUT2D eigenvalue weighted by molar-refractivity contribution is -0.131. The molecule has 2 bridgehead atoms. The van der Waals surface area contributed by atoms with E-state index < -0.39 is 0 Å². The molecular weight excluding hydrogens is 216 g/mol. The van der Waals surface area contributed by atoms with Gasteiger partial charge in [-0.3, -0.25) is 4.79 Å². The van der Waals surface area contributed by atoms with Gasteiger partial charge < -0.3 is 0 Å². The van der Waals surface area contributed by atoms with Gasteiger partial charge in [-0.2, -0.15) is 0 Å². The quantitative estimate of drug-likeness (QED) is 0.586. The zero-order valence-electron chi connectivity index (χ0n) is 7.91. The normalized spacial score (nSPS) is 50.2. The molecule has 2 fully saturated rings. The minimum atomic E-state index is -0.161. The number of fused-ring (bicyclic) bond motifs is 2. The number of hydrogen-bond acceptors (Lipinski definition) is 1. The van der Waals surface area contributed by atoms with E-state index >= 15 is 0 Å². The summed E-state index contributed by atoms with van der Waals surface area (Å²) in [7, 11) is 0. The standard InChI is InChI=1S/C10H15BrO/c1-8(2)7(12)10(11)5-4-9(8,3)6-10/h4-6H2,1-3H3. The van der Waals surface area contributed by atoms with Gasteiger partial charge in [0.05, 0.1) is 4.32 Å². The van der Waals surface area contributed by atoms with Crippen molar-refractivity contribution in [3.8, 4) is 0 Å². The van der Waals surface area contributed by atoms with Gasteiger partial charge in [0.2, 0.25) is 0 Å². The minimum Gasteiger partial charge on any atom is -0.297 e. The van der Waals surface area contributed by atoms with E-state index in [9.17, 15) is 4.79 Å². The number of carbonyl (C=O) groups is 1. The van der Waals surface area contributed by atoms with Crippen molar-refractivity contribution in [3.05, 3.63) is 0 Å². The van der Waals surface area contributed by atoms with Gasteiger partial charge >= 0.3 is 0 Å². The van der Waals surface area contributed by atoms with E-state index in [0.29, 0.717) is 5.78 Å². The van der Waals surface area contributed by atoms with Crippen LogP contribution in [0, 0.1) is 10.8 Å². The van der Waals surface area contributed by atoms with Crippen molar-refractivity contribution in [3.63, 3.8) is 0 Å². The number of halogens is 1. The third kappa shape index (κ3) is 0.729. The van der Waals surface area contributed by atoms with Crippen LogP contribution in [0.3, 0.4) is 0 Å². The molecule has 0 aromatic carbocycles. The first-order valence-electron chi connectivity index (χ1n) is 4.56. The van der Waals surface area contributed by atoms with Gasteiger partial charge in [0, 0.05) is 5.41 Å². The van der Waals surface area contributed by atoms with Crippen LogP contribution in [0.25, 0.3) is 0 Å². The van der Waals surface area contributed by atoms with Crippen LogP contribution in [0.15, 0.2) is 0 Å². The zero-order chi connectivity index (χ0) is 9.20.